The fourth-order valence-electron chi connectivity index (χ4n) is 3.73. The Kier molecular flexibility index (Phi) is 4.40. The van der Waals surface area contributed by atoms with Gasteiger partial charge in [-0.2, -0.15) is 0 Å². The van der Waals surface area contributed by atoms with E-state index in [1.807, 2.05) is 79.7 Å². The molecule has 3 aromatic carbocycles. The van der Waals surface area contributed by atoms with E-state index in [-0.39, 0.29) is 5.91 Å². The highest BCUT2D eigenvalue weighted by atomic mass is 16.1. The van der Waals surface area contributed by atoms with Gasteiger partial charge in [0.25, 0.3) is 5.91 Å². The van der Waals surface area contributed by atoms with Crippen LogP contribution in [0.2, 0.25) is 0 Å². The van der Waals surface area contributed by atoms with E-state index in [1.54, 1.807) is 4.57 Å². The average molecular weight is 407 g/mol. The fraction of sp³-hybridized carbons (Fsp3) is 0.0800. The van der Waals surface area contributed by atoms with Crippen LogP contribution in [0.25, 0.3) is 27.9 Å². The van der Waals surface area contributed by atoms with E-state index in [2.05, 4.69) is 12.2 Å². The zero-order valence-electron chi connectivity index (χ0n) is 17.3. The molecule has 0 unspecified atom stereocenters. The van der Waals surface area contributed by atoms with Crippen LogP contribution in [-0.2, 0) is 0 Å². The Morgan fingerprint density at radius 2 is 1.55 bits per heavy atom. The Balaban J connectivity index is 1.78. The number of anilines is 2. The molecule has 5 aromatic rings. The zero-order chi connectivity index (χ0) is 21.5. The lowest BCUT2D eigenvalue weighted by Gasteiger charge is -2.10. The topological polar surface area (TPSA) is 85.8 Å². The van der Waals surface area contributed by atoms with Gasteiger partial charge in [0.1, 0.15) is 16.9 Å². The molecule has 0 spiro atoms. The van der Waals surface area contributed by atoms with Gasteiger partial charge in [-0.15, -0.1) is 0 Å². The van der Waals surface area contributed by atoms with Gasteiger partial charge < -0.3 is 11.1 Å². The number of benzene rings is 3. The van der Waals surface area contributed by atoms with Gasteiger partial charge in [-0.3, -0.25) is 9.36 Å². The Bertz CT molecular complexity index is 1450. The van der Waals surface area contributed by atoms with E-state index in [0.717, 1.165) is 16.8 Å². The molecule has 6 heteroatoms. The Hall–Kier alpha value is -4.19. The van der Waals surface area contributed by atoms with Gasteiger partial charge in [0.15, 0.2) is 5.65 Å². The number of hydrogen-bond donors (Lipinski definition) is 2. The van der Waals surface area contributed by atoms with E-state index in [4.69, 9.17) is 15.7 Å². The van der Waals surface area contributed by atoms with Crippen molar-refractivity contribution in [1.29, 1.82) is 0 Å². The summed E-state index contributed by atoms with van der Waals surface area (Å²) < 4.78 is 1.81. The van der Waals surface area contributed by atoms with Gasteiger partial charge in [0, 0.05) is 11.4 Å². The SMILES string of the molecule is Cc1ccc(-n2c(N)c(C(=O)Nc3ccccc3)c3nc4ccccc4nc32)cc1C. The van der Waals surface area contributed by atoms with Crippen molar-refractivity contribution < 1.29 is 4.79 Å². The Labute approximate surface area is 179 Å². The minimum absolute atomic E-state index is 0.307. The number of aryl methyl sites for hydroxylation is 2. The fourth-order valence-corrected chi connectivity index (χ4v) is 3.73. The van der Waals surface area contributed by atoms with Crippen molar-refractivity contribution >= 4 is 39.6 Å². The van der Waals surface area contributed by atoms with Crippen LogP contribution in [0.1, 0.15) is 21.5 Å². The molecule has 0 fully saturated rings. The summed E-state index contributed by atoms with van der Waals surface area (Å²) in [5, 5.41) is 2.92. The van der Waals surface area contributed by atoms with Crippen molar-refractivity contribution in [3.63, 3.8) is 0 Å². The first-order valence-electron chi connectivity index (χ1n) is 10.0. The molecule has 1 amide bonds. The number of nitrogens with two attached hydrogens (primary N) is 1. The van der Waals surface area contributed by atoms with Gasteiger partial charge in [-0.1, -0.05) is 36.4 Å². The standard InChI is InChI=1S/C25H21N5O/c1-15-12-13-18(14-16(15)2)30-23(26)21(25(31)27-17-8-4-3-5-9-17)22-24(30)29-20-11-7-6-10-19(20)28-22/h3-14H,26H2,1-2H3,(H,27,31). The highest BCUT2D eigenvalue weighted by Crippen LogP contribution is 2.32. The number of fused-ring (bicyclic) bond motifs is 2. The third kappa shape index (κ3) is 3.18. The normalized spacial score (nSPS) is 11.2. The maximum Gasteiger partial charge on any atom is 0.261 e. The summed E-state index contributed by atoms with van der Waals surface area (Å²) in [5.41, 5.74) is 13.2. The van der Waals surface area contributed by atoms with Crippen LogP contribution in [0.4, 0.5) is 11.5 Å². The lowest BCUT2D eigenvalue weighted by atomic mass is 10.1. The second-order valence-electron chi connectivity index (χ2n) is 7.57. The molecule has 0 atom stereocenters. The molecule has 0 aliphatic carbocycles. The molecular formula is C25H21N5O. The highest BCUT2D eigenvalue weighted by molar-refractivity contribution is 6.16. The smallest absolute Gasteiger partial charge is 0.261 e. The molecule has 6 nitrogen and oxygen atoms in total. The predicted octanol–water partition coefficient (Wildman–Crippen LogP) is 5.03. The quantitative estimate of drug-likeness (QED) is 0.439. The van der Waals surface area contributed by atoms with E-state index in [1.165, 1.54) is 5.56 Å². The summed E-state index contributed by atoms with van der Waals surface area (Å²) in [6, 6.07) is 22.9. The van der Waals surface area contributed by atoms with Gasteiger partial charge in [-0.05, 0) is 61.4 Å². The van der Waals surface area contributed by atoms with Gasteiger partial charge >= 0.3 is 0 Å². The number of aromatic nitrogens is 3. The summed E-state index contributed by atoms with van der Waals surface area (Å²) in [5.74, 6) is -0.0112. The maximum atomic E-state index is 13.3. The predicted molar refractivity (Wildman–Crippen MR) is 125 cm³/mol. The van der Waals surface area contributed by atoms with Crippen LogP contribution >= 0.6 is 0 Å². The van der Waals surface area contributed by atoms with Crippen LogP contribution in [0.3, 0.4) is 0 Å². The summed E-state index contributed by atoms with van der Waals surface area (Å²) >= 11 is 0. The van der Waals surface area contributed by atoms with Crippen LogP contribution in [-0.4, -0.2) is 20.4 Å². The molecule has 0 radical (unpaired) electrons. The third-order valence-electron chi connectivity index (χ3n) is 5.51. The summed E-state index contributed by atoms with van der Waals surface area (Å²) in [4.78, 5) is 22.9. The first-order valence-corrected chi connectivity index (χ1v) is 10.0. The Morgan fingerprint density at radius 3 is 2.26 bits per heavy atom. The molecule has 2 aromatic heterocycles. The molecule has 0 saturated heterocycles. The van der Waals surface area contributed by atoms with Crippen LogP contribution in [0, 0.1) is 13.8 Å². The van der Waals surface area contributed by atoms with E-state index >= 15 is 0 Å². The van der Waals surface area contributed by atoms with Crippen molar-refractivity contribution in [2.24, 2.45) is 0 Å². The van der Waals surface area contributed by atoms with Crippen molar-refractivity contribution in [3.05, 3.63) is 89.5 Å². The first-order chi connectivity index (χ1) is 15.0. The molecular weight excluding hydrogens is 386 g/mol. The molecule has 0 aliphatic heterocycles. The van der Waals surface area contributed by atoms with E-state index < -0.39 is 0 Å². The highest BCUT2D eigenvalue weighted by Gasteiger charge is 2.25. The first kappa shape index (κ1) is 18.8. The number of nitrogens with one attached hydrogen (secondary N) is 1. The maximum absolute atomic E-state index is 13.3. The van der Waals surface area contributed by atoms with Crippen LogP contribution in [0.5, 0.6) is 0 Å². The van der Waals surface area contributed by atoms with E-state index in [0.29, 0.717) is 33.7 Å². The molecule has 0 saturated carbocycles. The van der Waals surface area contributed by atoms with Gasteiger partial charge in [0.05, 0.1) is 11.0 Å². The largest absolute Gasteiger partial charge is 0.384 e. The number of carbonyl (C=O) groups is 1. The molecule has 152 valence electrons. The number of nitrogen functional groups attached to an aromatic ring is 1. The summed E-state index contributed by atoms with van der Waals surface area (Å²) in [7, 11) is 0. The van der Waals surface area contributed by atoms with Crippen molar-refractivity contribution in [3.8, 4) is 5.69 Å². The number of carbonyl (C=O) groups excluding carboxylic acids is 1. The molecule has 0 bridgehead atoms. The minimum atomic E-state index is -0.319. The van der Waals surface area contributed by atoms with Crippen LogP contribution < -0.4 is 11.1 Å². The number of para-hydroxylation sites is 3. The Morgan fingerprint density at radius 1 is 0.871 bits per heavy atom. The number of nitrogens with zero attached hydrogens (tertiary/aromatic N) is 3. The van der Waals surface area contributed by atoms with Gasteiger partial charge in [0.2, 0.25) is 0 Å². The minimum Gasteiger partial charge on any atom is -0.384 e. The molecule has 2 heterocycles. The summed E-state index contributed by atoms with van der Waals surface area (Å²) in [6.07, 6.45) is 0. The van der Waals surface area contributed by atoms with Crippen LogP contribution in [0.15, 0.2) is 72.8 Å². The molecule has 3 N–H and O–H groups in total. The molecule has 31 heavy (non-hydrogen) atoms. The third-order valence-corrected chi connectivity index (χ3v) is 5.51. The molecule has 0 aliphatic rings. The van der Waals surface area contributed by atoms with Crippen molar-refractivity contribution in [2.45, 2.75) is 13.8 Å². The molecule has 5 rings (SSSR count). The van der Waals surface area contributed by atoms with Crippen molar-refractivity contribution in [1.82, 2.24) is 14.5 Å². The lowest BCUT2D eigenvalue weighted by Crippen LogP contribution is -2.14. The zero-order valence-corrected chi connectivity index (χ0v) is 17.3. The number of rotatable bonds is 3. The van der Waals surface area contributed by atoms with E-state index in [9.17, 15) is 4.79 Å². The lowest BCUT2D eigenvalue weighted by molar-refractivity contribution is 0.102. The number of amides is 1. The second kappa shape index (κ2) is 7.25. The number of hydrogen-bond acceptors (Lipinski definition) is 4. The monoisotopic (exact) mass is 407 g/mol. The van der Waals surface area contributed by atoms with Gasteiger partial charge in [-0.25, -0.2) is 9.97 Å². The average Bonchev–Trinajstić information content (AvgIpc) is 3.05. The van der Waals surface area contributed by atoms with Crippen molar-refractivity contribution in [2.75, 3.05) is 11.1 Å². The summed E-state index contributed by atoms with van der Waals surface area (Å²) in [6.45, 7) is 4.10. The second-order valence-corrected chi connectivity index (χ2v) is 7.57.